The number of H-pyrrole nitrogens is 1. The predicted octanol–water partition coefficient (Wildman–Crippen LogP) is 4.10. The van der Waals surface area contributed by atoms with Crippen LogP contribution in [0.5, 0.6) is 0 Å². The third-order valence-corrected chi connectivity index (χ3v) is 4.22. The van der Waals surface area contributed by atoms with Crippen LogP contribution in [0.2, 0.25) is 0 Å². The van der Waals surface area contributed by atoms with Crippen LogP contribution < -0.4 is 5.73 Å². The Balaban J connectivity index is 1.80. The fraction of sp³-hybridized carbons (Fsp3) is 0.438. The van der Waals surface area contributed by atoms with Gasteiger partial charge >= 0.3 is 0 Å². The van der Waals surface area contributed by atoms with Crippen molar-refractivity contribution in [1.29, 1.82) is 0 Å². The first-order chi connectivity index (χ1) is 9.34. The van der Waals surface area contributed by atoms with Gasteiger partial charge in [-0.1, -0.05) is 49.9 Å². The number of rotatable bonds is 2. The first-order valence-electron chi connectivity index (χ1n) is 7.24. The summed E-state index contributed by atoms with van der Waals surface area (Å²) in [5.41, 5.74) is 9.47. The normalized spacial score (nSPS) is 17.3. The topological polar surface area (TPSA) is 54.7 Å². The molecule has 2 aromatic rings. The second-order valence-corrected chi connectivity index (χ2v) is 5.51. The van der Waals surface area contributed by atoms with E-state index in [1.165, 1.54) is 44.1 Å². The van der Waals surface area contributed by atoms with E-state index in [2.05, 4.69) is 34.5 Å². The summed E-state index contributed by atoms with van der Waals surface area (Å²) in [7, 11) is 0. The van der Waals surface area contributed by atoms with Crippen molar-refractivity contribution >= 4 is 5.82 Å². The van der Waals surface area contributed by atoms with Gasteiger partial charge in [0.25, 0.3) is 0 Å². The van der Waals surface area contributed by atoms with Gasteiger partial charge < -0.3 is 5.73 Å². The molecule has 1 fully saturated rings. The van der Waals surface area contributed by atoms with Gasteiger partial charge in [0, 0.05) is 5.56 Å². The van der Waals surface area contributed by atoms with Crippen molar-refractivity contribution in [3.05, 3.63) is 36.0 Å². The molecule has 1 saturated carbocycles. The molecular weight excluding hydrogens is 234 g/mol. The van der Waals surface area contributed by atoms with Crippen LogP contribution in [0.1, 0.15) is 50.0 Å². The third-order valence-electron chi connectivity index (χ3n) is 4.22. The molecule has 0 aliphatic heterocycles. The van der Waals surface area contributed by atoms with E-state index < -0.39 is 0 Å². The quantitative estimate of drug-likeness (QED) is 0.794. The number of aromatic amines is 1. The largest absolute Gasteiger partial charge is 0.384 e. The molecule has 0 bridgehead atoms. The zero-order valence-corrected chi connectivity index (χ0v) is 11.2. The monoisotopic (exact) mass is 255 g/mol. The maximum Gasteiger partial charge on any atom is 0.126 e. The highest BCUT2D eigenvalue weighted by atomic mass is 15.1. The van der Waals surface area contributed by atoms with Crippen LogP contribution in [0.3, 0.4) is 0 Å². The van der Waals surface area contributed by atoms with Crippen LogP contribution in [0.4, 0.5) is 5.82 Å². The number of nitrogen functional groups attached to an aromatic ring is 1. The van der Waals surface area contributed by atoms with Crippen molar-refractivity contribution in [2.24, 2.45) is 0 Å². The second kappa shape index (κ2) is 5.47. The van der Waals surface area contributed by atoms with Crippen LogP contribution in [0.15, 0.2) is 30.5 Å². The summed E-state index contributed by atoms with van der Waals surface area (Å²) in [6.45, 7) is 0. The number of hydrogen-bond donors (Lipinski definition) is 2. The van der Waals surface area contributed by atoms with Crippen molar-refractivity contribution in [2.75, 3.05) is 5.73 Å². The maximum atomic E-state index is 5.86. The molecule has 0 saturated heterocycles. The van der Waals surface area contributed by atoms with Crippen LogP contribution in [0, 0.1) is 0 Å². The summed E-state index contributed by atoms with van der Waals surface area (Å²) in [6, 6.07) is 8.86. The Bertz CT molecular complexity index is 519. The number of aromatic nitrogens is 2. The number of nitrogens with two attached hydrogens (primary N) is 1. The fourth-order valence-electron chi connectivity index (χ4n) is 3.07. The molecule has 1 aromatic carbocycles. The lowest BCUT2D eigenvalue weighted by Crippen LogP contribution is -1.97. The van der Waals surface area contributed by atoms with E-state index in [0.29, 0.717) is 5.82 Å². The molecule has 3 rings (SSSR count). The van der Waals surface area contributed by atoms with Gasteiger partial charge in [0.05, 0.1) is 6.20 Å². The first-order valence-corrected chi connectivity index (χ1v) is 7.24. The smallest absolute Gasteiger partial charge is 0.126 e. The van der Waals surface area contributed by atoms with E-state index in [1.807, 2.05) is 0 Å². The molecule has 0 unspecified atom stereocenters. The van der Waals surface area contributed by atoms with E-state index in [9.17, 15) is 0 Å². The molecule has 0 amide bonds. The highest BCUT2D eigenvalue weighted by Gasteiger charge is 2.14. The Kier molecular flexibility index (Phi) is 3.53. The highest BCUT2D eigenvalue weighted by molar-refractivity contribution is 5.73. The molecule has 19 heavy (non-hydrogen) atoms. The van der Waals surface area contributed by atoms with Gasteiger partial charge in [-0.25, -0.2) is 0 Å². The minimum atomic E-state index is 0.641. The van der Waals surface area contributed by atoms with E-state index in [0.717, 1.165) is 17.0 Å². The fourth-order valence-corrected chi connectivity index (χ4v) is 3.07. The molecule has 100 valence electrons. The van der Waals surface area contributed by atoms with E-state index in [1.54, 1.807) is 6.20 Å². The van der Waals surface area contributed by atoms with Gasteiger partial charge in [-0.3, -0.25) is 5.10 Å². The van der Waals surface area contributed by atoms with Crippen molar-refractivity contribution in [2.45, 2.75) is 44.4 Å². The molecule has 1 aliphatic carbocycles. The number of hydrogen-bond acceptors (Lipinski definition) is 2. The van der Waals surface area contributed by atoms with Gasteiger partial charge in [-0.05, 0) is 29.9 Å². The van der Waals surface area contributed by atoms with Crippen molar-refractivity contribution < 1.29 is 0 Å². The van der Waals surface area contributed by atoms with Crippen LogP contribution in [-0.4, -0.2) is 10.2 Å². The number of nitrogens with zero attached hydrogens (tertiary/aromatic N) is 1. The number of nitrogens with one attached hydrogen (secondary N) is 1. The van der Waals surface area contributed by atoms with Gasteiger partial charge in [-0.15, -0.1) is 0 Å². The Morgan fingerprint density at radius 3 is 2.26 bits per heavy atom. The Morgan fingerprint density at radius 1 is 1.00 bits per heavy atom. The van der Waals surface area contributed by atoms with Gasteiger partial charge in [-0.2, -0.15) is 5.10 Å². The molecule has 1 aromatic heterocycles. The van der Waals surface area contributed by atoms with Gasteiger partial charge in [0.2, 0.25) is 0 Å². The summed E-state index contributed by atoms with van der Waals surface area (Å²) in [6.07, 6.45) is 10.0. The molecule has 0 radical (unpaired) electrons. The van der Waals surface area contributed by atoms with Crippen LogP contribution >= 0.6 is 0 Å². The molecule has 3 N–H and O–H groups in total. The SMILES string of the molecule is Nc1[nH]ncc1-c1ccc(C2CCCCCC2)cc1. The molecule has 0 spiro atoms. The molecule has 0 atom stereocenters. The van der Waals surface area contributed by atoms with Crippen molar-refractivity contribution in [3.8, 4) is 11.1 Å². The van der Waals surface area contributed by atoms with Gasteiger partial charge in [0.15, 0.2) is 0 Å². The summed E-state index contributed by atoms with van der Waals surface area (Å²) in [5, 5.41) is 6.75. The van der Waals surface area contributed by atoms with Crippen LogP contribution in [0.25, 0.3) is 11.1 Å². The average Bonchev–Trinajstić information content (AvgIpc) is 2.71. The minimum absolute atomic E-state index is 0.641. The number of anilines is 1. The summed E-state index contributed by atoms with van der Waals surface area (Å²) in [4.78, 5) is 0. The Labute approximate surface area is 114 Å². The molecule has 3 heteroatoms. The highest BCUT2D eigenvalue weighted by Crippen LogP contribution is 2.33. The second-order valence-electron chi connectivity index (χ2n) is 5.51. The Hall–Kier alpha value is -1.77. The maximum absolute atomic E-state index is 5.86. The van der Waals surface area contributed by atoms with Gasteiger partial charge in [0.1, 0.15) is 5.82 Å². The lowest BCUT2D eigenvalue weighted by molar-refractivity contribution is 0.592. The standard InChI is InChI=1S/C16H21N3/c17-16-15(11-18-19-16)14-9-7-13(8-10-14)12-5-3-1-2-4-6-12/h7-12H,1-6H2,(H3,17,18,19). The summed E-state index contributed by atoms with van der Waals surface area (Å²) < 4.78 is 0. The molecule has 3 nitrogen and oxygen atoms in total. The van der Waals surface area contributed by atoms with E-state index in [-0.39, 0.29) is 0 Å². The molecule has 1 heterocycles. The van der Waals surface area contributed by atoms with E-state index >= 15 is 0 Å². The summed E-state index contributed by atoms with van der Waals surface area (Å²) in [5.74, 6) is 1.39. The van der Waals surface area contributed by atoms with E-state index in [4.69, 9.17) is 5.73 Å². The Morgan fingerprint density at radius 2 is 1.68 bits per heavy atom. The zero-order chi connectivity index (χ0) is 13.1. The first kappa shape index (κ1) is 12.3. The third kappa shape index (κ3) is 2.65. The summed E-state index contributed by atoms with van der Waals surface area (Å²) >= 11 is 0. The lowest BCUT2D eigenvalue weighted by atomic mass is 9.91. The number of benzene rings is 1. The van der Waals surface area contributed by atoms with Crippen molar-refractivity contribution in [3.63, 3.8) is 0 Å². The zero-order valence-electron chi connectivity index (χ0n) is 11.2. The lowest BCUT2D eigenvalue weighted by Gasteiger charge is -2.14. The average molecular weight is 255 g/mol. The minimum Gasteiger partial charge on any atom is -0.384 e. The van der Waals surface area contributed by atoms with Crippen molar-refractivity contribution in [1.82, 2.24) is 10.2 Å². The molecule has 1 aliphatic rings. The van der Waals surface area contributed by atoms with Crippen LogP contribution in [-0.2, 0) is 0 Å². The predicted molar refractivity (Wildman–Crippen MR) is 78.9 cm³/mol. The molecular formula is C16H21N3.